The zero-order chi connectivity index (χ0) is 13.0. The fourth-order valence-electron chi connectivity index (χ4n) is 1.29. The summed E-state index contributed by atoms with van der Waals surface area (Å²) in [6, 6.07) is 3.84. The number of hydrogen-bond donors (Lipinski definition) is 1. The van der Waals surface area contributed by atoms with E-state index in [1.807, 2.05) is 38.1 Å². The van der Waals surface area contributed by atoms with Gasteiger partial charge >= 0.3 is 0 Å². The van der Waals surface area contributed by atoms with Gasteiger partial charge < -0.3 is 4.42 Å². The van der Waals surface area contributed by atoms with Crippen LogP contribution in [-0.2, 0) is 0 Å². The Balaban J connectivity index is 1.98. The van der Waals surface area contributed by atoms with Gasteiger partial charge in [0.15, 0.2) is 0 Å². The van der Waals surface area contributed by atoms with Crippen LogP contribution in [0.3, 0.4) is 0 Å². The lowest BCUT2D eigenvalue weighted by atomic mass is 10.4. The van der Waals surface area contributed by atoms with Crippen molar-refractivity contribution >= 4 is 23.9 Å². The smallest absolute Gasteiger partial charge is 0.209 e. The van der Waals surface area contributed by atoms with Gasteiger partial charge in [0.25, 0.3) is 0 Å². The molecule has 0 aliphatic heterocycles. The third kappa shape index (κ3) is 3.63. The van der Waals surface area contributed by atoms with Gasteiger partial charge in [-0.3, -0.25) is 5.10 Å². The molecule has 2 aromatic heterocycles. The predicted octanol–water partition coefficient (Wildman–Crippen LogP) is 3.54. The van der Waals surface area contributed by atoms with Crippen LogP contribution in [0.2, 0.25) is 0 Å². The van der Waals surface area contributed by atoms with Gasteiger partial charge in [-0.15, -0.1) is 5.10 Å². The molecule has 5 heteroatoms. The van der Waals surface area contributed by atoms with E-state index >= 15 is 0 Å². The quantitative estimate of drug-likeness (QED) is 0.660. The van der Waals surface area contributed by atoms with E-state index in [1.54, 1.807) is 11.8 Å². The maximum atomic E-state index is 5.43. The van der Waals surface area contributed by atoms with Gasteiger partial charge in [0, 0.05) is 5.75 Å². The highest BCUT2D eigenvalue weighted by Crippen LogP contribution is 2.16. The molecule has 0 spiro atoms. The van der Waals surface area contributed by atoms with Crippen LogP contribution < -0.4 is 0 Å². The SMILES string of the molecule is C=C(C)CSc1n[nH]c(/C=C/c2ccc(C)o2)n1. The van der Waals surface area contributed by atoms with Crippen molar-refractivity contribution in [1.82, 2.24) is 15.2 Å². The van der Waals surface area contributed by atoms with Crippen LogP contribution in [0, 0.1) is 6.92 Å². The van der Waals surface area contributed by atoms with Crippen molar-refractivity contribution in [2.45, 2.75) is 19.0 Å². The molecule has 0 amide bonds. The molecule has 0 aliphatic rings. The highest BCUT2D eigenvalue weighted by molar-refractivity contribution is 7.99. The van der Waals surface area contributed by atoms with Crippen LogP contribution in [0.4, 0.5) is 0 Å². The summed E-state index contributed by atoms with van der Waals surface area (Å²) >= 11 is 1.56. The second-order valence-corrected chi connectivity index (χ2v) is 4.97. The summed E-state index contributed by atoms with van der Waals surface area (Å²) in [4.78, 5) is 4.33. The lowest BCUT2D eigenvalue weighted by Crippen LogP contribution is -1.81. The Morgan fingerprint density at radius 3 is 3.00 bits per heavy atom. The number of furan rings is 1. The molecule has 0 radical (unpaired) electrons. The second kappa shape index (κ2) is 5.73. The summed E-state index contributed by atoms with van der Waals surface area (Å²) < 4.78 is 5.43. The van der Waals surface area contributed by atoms with Crippen LogP contribution in [0.5, 0.6) is 0 Å². The third-order valence-electron chi connectivity index (χ3n) is 2.10. The van der Waals surface area contributed by atoms with Crippen molar-refractivity contribution in [3.8, 4) is 0 Å². The van der Waals surface area contributed by atoms with Crippen molar-refractivity contribution in [2.24, 2.45) is 0 Å². The maximum absolute atomic E-state index is 5.43. The van der Waals surface area contributed by atoms with Crippen molar-refractivity contribution in [3.05, 3.63) is 41.6 Å². The van der Waals surface area contributed by atoms with E-state index in [1.165, 1.54) is 0 Å². The van der Waals surface area contributed by atoms with E-state index in [4.69, 9.17) is 4.42 Å². The number of thioether (sulfide) groups is 1. The summed E-state index contributed by atoms with van der Waals surface area (Å²) in [5.74, 6) is 3.25. The Kier molecular flexibility index (Phi) is 4.04. The van der Waals surface area contributed by atoms with Crippen LogP contribution in [0.1, 0.15) is 24.3 Å². The van der Waals surface area contributed by atoms with E-state index in [2.05, 4.69) is 21.8 Å². The fourth-order valence-corrected chi connectivity index (χ4v) is 1.94. The molecule has 1 N–H and O–H groups in total. The van der Waals surface area contributed by atoms with Gasteiger partial charge in [-0.2, -0.15) is 0 Å². The number of nitrogens with zero attached hydrogens (tertiary/aromatic N) is 2. The van der Waals surface area contributed by atoms with Crippen LogP contribution in [0.15, 0.2) is 33.9 Å². The molecule has 0 fully saturated rings. The van der Waals surface area contributed by atoms with E-state index in [0.29, 0.717) is 5.82 Å². The number of aromatic nitrogens is 3. The van der Waals surface area contributed by atoms with Crippen molar-refractivity contribution < 1.29 is 4.42 Å². The van der Waals surface area contributed by atoms with Gasteiger partial charge in [-0.05, 0) is 38.1 Å². The molecule has 0 unspecified atom stereocenters. The van der Waals surface area contributed by atoms with Gasteiger partial charge in [-0.25, -0.2) is 4.98 Å². The van der Waals surface area contributed by atoms with E-state index in [-0.39, 0.29) is 0 Å². The third-order valence-corrected chi connectivity index (χ3v) is 3.17. The van der Waals surface area contributed by atoms with Gasteiger partial charge in [-0.1, -0.05) is 23.9 Å². The van der Waals surface area contributed by atoms with Gasteiger partial charge in [0.05, 0.1) is 0 Å². The van der Waals surface area contributed by atoms with Crippen LogP contribution >= 0.6 is 11.8 Å². The first-order valence-corrected chi connectivity index (χ1v) is 6.56. The molecule has 0 saturated heterocycles. The molecular formula is C13H15N3OS. The molecule has 0 bridgehead atoms. The Morgan fingerprint density at radius 1 is 1.50 bits per heavy atom. The second-order valence-electron chi connectivity index (χ2n) is 4.03. The van der Waals surface area contributed by atoms with Gasteiger partial charge in [0.2, 0.25) is 5.16 Å². The van der Waals surface area contributed by atoms with Crippen molar-refractivity contribution in [1.29, 1.82) is 0 Å². The van der Waals surface area contributed by atoms with Crippen LogP contribution in [-0.4, -0.2) is 20.9 Å². The number of nitrogens with one attached hydrogen (secondary N) is 1. The Bertz CT molecular complexity index is 568. The van der Waals surface area contributed by atoms with E-state index < -0.39 is 0 Å². The maximum Gasteiger partial charge on any atom is 0.209 e. The first kappa shape index (κ1) is 12.7. The first-order valence-electron chi connectivity index (χ1n) is 5.57. The fraction of sp³-hybridized carbons (Fsp3) is 0.231. The monoisotopic (exact) mass is 261 g/mol. The van der Waals surface area contributed by atoms with Crippen LogP contribution in [0.25, 0.3) is 12.2 Å². The molecule has 94 valence electrons. The average Bonchev–Trinajstić information content (AvgIpc) is 2.93. The summed E-state index contributed by atoms with van der Waals surface area (Å²) in [6.45, 7) is 7.74. The summed E-state index contributed by atoms with van der Waals surface area (Å²) in [6.07, 6.45) is 3.71. The lowest BCUT2D eigenvalue weighted by molar-refractivity contribution is 0.525. The summed E-state index contributed by atoms with van der Waals surface area (Å²) in [5, 5.41) is 7.71. The zero-order valence-corrected chi connectivity index (χ0v) is 11.3. The number of hydrogen-bond acceptors (Lipinski definition) is 4. The standard InChI is InChI=1S/C13H15N3OS/c1-9(2)8-18-13-14-12(15-16-13)7-6-11-5-4-10(3)17-11/h4-7H,1,8H2,2-3H3,(H,14,15,16)/b7-6+. The Hall–Kier alpha value is -1.75. The number of rotatable bonds is 5. The molecule has 18 heavy (non-hydrogen) atoms. The predicted molar refractivity (Wildman–Crippen MR) is 74.3 cm³/mol. The summed E-state index contributed by atoms with van der Waals surface area (Å²) in [5.41, 5.74) is 1.10. The number of aromatic amines is 1. The minimum atomic E-state index is 0.716. The van der Waals surface area contributed by atoms with Gasteiger partial charge in [0.1, 0.15) is 17.3 Å². The highest BCUT2D eigenvalue weighted by atomic mass is 32.2. The molecule has 0 atom stereocenters. The topological polar surface area (TPSA) is 54.7 Å². The van der Waals surface area contributed by atoms with E-state index in [9.17, 15) is 0 Å². The molecular weight excluding hydrogens is 246 g/mol. The highest BCUT2D eigenvalue weighted by Gasteiger charge is 2.01. The Labute approximate surface area is 110 Å². The normalized spacial score (nSPS) is 11.2. The largest absolute Gasteiger partial charge is 0.462 e. The molecule has 2 heterocycles. The average molecular weight is 261 g/mol. The van der Waals surface area contributed by atoms with E-state index in [0.717, 1.165) is 28.0 Å². The molecule has 2 aromatic rings. The minimum Gasteiger partial charge on any atom is -0.462 e. The Morgan fingerprint density at radius 2 is 2.33 bits per heavy atom. The molecule has 0 aliphatic carbocycles. The minimum absolute atomic E-state index is 0.716. The lowest BCUT2D eigenvalue weighted by Gasteiger charge is -1.92. The molecule has 0 saturated carbocycles. The first-order chi connectivity index (χ1) is 8.63. The summed E-state index contributed by atoms with van der Waals surface area (Å²) in [7, 11) is 0. The number of aryl methyl sites for hydroxylation is 1. The number of H-pyrrole nitrogens is 1. The zero-order valence-electron chi connectivity index (χ0n) is 10.4. The van der Waals surface area contributed by atoms with Crippen molar-refractivity contribution in [2.75, 3.05) is 5.75 Å². The van der Waals surface area contributed by atoms with Crippen molar-refractivity contribution in [3.63, 3.8) is 0 Å². The molecule has 4 nitrogen and oxygen atoms in total. The molecule has 2 rings (SSSR count). The molecule has 0 aromatic carbocycles.